The molecule has 1 N–H and O–H groups in total. The molecule has 1 aromatic carbocycles. The number of benzene rings is 1. The first-order chi connectivity index (χ1) is 17.4. The van der Waals surface area contributed by atoms with Crippen LogP contribution in [0, 0.1) is 0 Å². The Hall–Kier alpha value is -2.84. The minimum Gasteiger partial charge on any atom is -0.489 e. The van der Waals surface area contributed by atoms with Gasteiger partial charge >= 0.3 is 0 Å². The molecular weight excluding hydrogens is 478 g/mol. The number of carbonyl (C=O) groups is 2. The Morgan fingerprint density at radius 1 is 1.17 bits per heavy atom. The van der Waals surface area contributed by atoms with Crippen molar-refractivity contribution in [2.24, 2.45) is 7.05 Å². The molecule has 1 aromatic heterocycles. The lowest BCUT2D eigenvalue weighted by Crippen LogP contribution is -2.41. The van der Waals surface area contributed by atoms with Gasteiger partial charge in [0, 0.05) is 68.0 Å². The maximum Gasteiger partial charge on any atom is 0.272 e. The average Bonchev–Trinajstić information content (AvgIpc) is 3.20. The molecule has 0 radical (unpaired) electrons. The van der Waals surface area contributed by atoms with Crippen molar-refractivity contribution in [1.82, 2.24) is 24.9 Å². The number of likely N-dealkylation sites (N-methyl/N-ethyl adjacent to an activating group) is 1. The minimum atomic E-state index is -0.125. The topological polar surface area (TPSA) is 79.7 Å². The number of hydrogen-bond acceptors (Lipinski definition) is 5. The molecule has 3 aliphatic rings. The van der Waals surface area contributed by atoms with Crippen LogP contribution >= 0.6 is 11.6 Å². The van der Waals surface area contributed by atoms with Crippen LogP contribution in [0.1, 0.15) is 53.0 Å². The quantitative estimate of drug-likeness (QED) is 0.670. The fraction of sp³-hybridized carbons (Fsp3) is 0.519. The highest BCUT2D eigenvalue weighted by Gasteiger charge is 2.31. The molecule has 5 rings (SSSR count). The minimum absolute atomic E-state index is 0.0958. The molecule has 1 aliphatic carbocycles. The van der Waals surface area contributed by atoms with E-state index in [1.54, 1.807) is 0 Å². The fourth-order valence-corrected chi connectivity index (χ4v) is 5.73. The molecule has 192 valence electrons. The normalized spacial score (nSPS) is 21.6. The molecule has 2 aliphatic heterocycles. The van der Waals surface area contributed by atoms with E-state index in [-0.39, 0.29) is 17.9 Å². The predicted octanol–water partition coefficient (Wildman–Crippen LogP) is 3.08. The summed E-state index contributed by atoms with van der Waals surface area (Å²) in [4.78, 5) is 30.3. The Kier molecular flexibility index (Phi) is 7.34. The standard InChI is InChI=1S/C27H34ClN5O3/c1-31-21-7-8-23-22(15-21)26(30-32(23)2)27(35)29-10-4-12-33(11-3-5-25(31)34)16-18-13-19-14-20(28)6-9-24(19)36-17-18/h6,9,13-14,21H,3-5,7-8,10-12,15-17H2,1-2H3,(H,29,35). The van der Waals surface area contributed by atoms with Crippen LogP contribution in [0.25, 0.3) is 6.08 Å². The van der Waals surface area contributed by atoms with Gasteiger partial charge in [0.2, 0.25) is 5.91 Å². The molecule has 3 heterocycles. The monoisotopic (exact) mass is 511 g/mol. The van der Waals surface area contributed by atoms with Crippen LogP contribution in [0.4, 0.5) is 0 Å². The third-order valence-corrected chi connectivity index (χ3v) is 7.79. The molecular formula is C27H34ClN5O3. The summed E-state index contributed by atoms with van der Waals surface area (Å²) in [5.41, 5.74) is 4.78. The highest BCUT2D eigenvalue weighted by molar-refractivity contribution is 6.30. The van der Waals surface area contributed by atoms with E-state index in [4.69, 9.17) is 16.3 Å². The number of aromatic nitrogens is 2. The zero-order valence-electron chi connectivity index (χ0n) is 21.1. The highest BCUT2D eigenvalue weighted by atomic mass is 35.5. The number of carbonyl (C=O) groups excluding carboxylic acids is 2. The number of rotatable bonds is 2. The van der Waals surface area contributed by atoms with Crippen LogP contribution in [-0.2, 0) is 24.7 Å². The Bertz CT molecular complexity index is 1190. The van der Waals surface area contributed by atoms with Gasteiger partial charge in [-0.2, -0.15) is 5.10 Å². The van der Waals surface area contributed by atoms with E-state index < -0.39 is 0 Å². The summed E-state index contributed by atoms with van der Waals surface area (Å²) in [5.74, 6) is 0.886. The lowest BCUT2D eigenvalue weighted by molar-refractivity contribution is -0.132. The Morgan fingerprint density at radius 3 is 2.86 bits per heavy atom. The molecule has 2 aromatic rings. The molecule has 0 saturated heterocycles. The summed E-state index contributed by atoms with van der Waals surface area (Å²) in [6.07, 6.45) is 6.67. The van der Waals surface area contributed by atoms with Crippen LogP contribution in [0.5, 0.6) is 5.75 Å². The van der Waals surface area contributed by atoms with Crippen molar-refractivity contribution >= 4 is 29.5 Å². The summed E-state index contributed by atoms with van der Waals surface area (Å²) < 4.78 is 7.78. The number of halogens is 1. The van der Waals surface area contributed by atoms with E-state index in [0.717, 1.165) is 67.9 Å². The van der Waals surface area contributed by atoms with Crippen molar-refractivity contribution in [2.75, 3.05) is 39.8 Å². The number of hydrogen-bond donors (Lipinski definition) is 1. The van der Waals surface area contributed by atoms with Crippen molar-refractivity contribution in [2.45, 2.75) is 44.6 Å². The number of nitrogens with zero attached hydrogens (tertiary/aromatic N) is 4. The van der Waals surface area contributed by atoms with Crippen molar-refractivity contribution in [3.63, 3.8) is 0 Å². The molecule has 2 bridgehead atoms. The fourth-order valence-electron chi connectivity index (χ4n) is 5.55. The summed E-state index contributed by atoms with van der Waals surface area (Å²) in [7, 11) is 3.80. The van der Waals surface area contributed by atoms with Gasteiger partial charge in [0.15, 0.2) is 5.69 Å². The van der Waals surface area contributed by atoms with E-state index in [9.17, 15) is 9.59 Å². The maximum atomic E-state index is 13.1. The lowest BCUT2D eigenvalue weighted by Gasteiger charge is -2.32. The predicted molar refractivity (Wildman–Crippen MR) is 139 cm³/mol. The molecule has 36 heavy (non-hydrogen) atoms. The summed E-state index contributed by atoms with van der Waals surface area (Å²) in [6.45, 7) is 3.49. The summed E-state index contributed by atoms with van der Waals surface area (Å²) in [6, 6.07) is 5.76. The van der Waals surface area contributed by atoms with Gasteiger partial charge in [0.25, 0.3) is 5.91 Å². The number of fused-ring (bicyclic) bond motifs is 2. The molecule has 0 saturated carbocycles. The van der Waals surface area contributed by atoms with Gasteiger partial charge in [-0.3, -0.25) is 19.2 Å². The first kappa shape index (κ1) is 24.8. The molecule has 2 amide bonds. The second-order valence-corrected chi connectivity index (χ2v) is 10.5. The zero-order chi connectivity index (χ0) is 25.2. The van der Waals surface area contributed by atoms with Gasteiger partial charge in [-0.1, -0.05) is 11.6 Å². The second kappa shape index (κ2) is 10.6. The van der Waals surface area contributed by atoms with E-state index in [1.807, 2.05) is 41.9 Å². The third-order valence-electron chi connectivity index (χ3n) is 7.56. The summed E-state index contributed by atoms with van der Waals surface area (Å²) in [5, 5.41) is 8.30. The highest BCUT2D eigenvalue weighted by Crippen LogP contribution is 2.30. The van der Waals surface area contributed by atoms with E-state index in [1.165, 1.54) is 5.57 Å². The number of aryl methyl sites for hydroxylation is 1. The Labute approximate surface area is 217 Å². The SMILES string of the molecule is CN1C(=O)CCCN(CC2=Cc3cc(Cl)ccc3OC2)CCCNC(=O)c2nn(C)c3c2CC1CC3. The van der Waals surface area contributed by atoms with E-state index in [0.29, 0.717) is 36.7 Å². The van der Waals surface area contributed by atoms with Gasteiger partial charge in [-0.15, -0.1) is 0 Å². The Balaban J connectivity index is 1.31. The first-order valence-corrected chi connectivity index (χ1v) is 13.2. The zero-order valence-corrected chi connectivity index (χ0v) is 21.8. The summed E-state index contributed by atoms with van der Waals surface area (Å²) >= 11 is 6.18. The molecule has 0 spiro atoms. The maximum absolute atomic E-state index is 13.1. The van der Waals surface area contributed by atoms with Gasteiger partial charge in [0.05, 0.1) is 0 Å². The average molecular weight is 512 g/mol. The van der Waals surface area contributed by atoms with Crippen molar-refractivity contribution in [3.05, 3.63) is 51.3 Å². The van der Waals surface area contributed by atoms with Crippen LogP contribution in [0.15, 0.2) is 23.8 Å². The number of amides is 2. The van der Waals surface area contributed by atoms with Crippen molar-refractivity contribution < 1.29 is 14.3 Å². The van der Waals surface area contributed by atoms with Crippen LogP contribution in [-0.4, -0.2) is 77.3 Å². The van der Waals surface area contributed by atoms with Crippen LogP contribution < -0.4 is 10.1 Å². The largest absolute Gasteiger partial charge is 0.489 e. The van der Waals surface area contributed by atoms with Crippen LogP contribution in [0.2, 0.25) is 5.02 Å². The number of ether oxygens (including phenoxy) is 1. The van der Waals surface area contributed by atoms with Gasteiger partial charge in [0.1, 0.15) is 12.4 Å². The van der Waals surface area contributed by atoms with Crippen LogP contribution in [0.3, 0.4) is 0 Å². The molecule has 0 fully saturated rings. The second-order valence-electron chi connectivity index (χ2n) is 10.1. The molecule has 1 unspecified atom stereocenters. The molecule has 9 heteroatoms. The van der Waals surface area contributed by atoms with Gasteiger partial charge in [-0.25, -0.2) is 0 Å². The third kappa shape index (κ3) is 5.30. The van der Waals surface area contributed by atoms with Gasteiger partial charge < -0.3 is 15.0 Å². The molecule has 8 nitrogen and oxygen atoms in total. The molecule has 1 atom stereocenters. The lowest BCUT2D eigenvalue weighted by atomic mass is 9.90. The number of nitrogens with one attached hydrogen (secondary N) is 1. The van der Waals surface area contributed by atoms with Crippen molar-refractivity contribution in [1.29, 1.82) is 0 Å². The first-order valence-electron chi connectivity index (χ1n) is 12.8. The van der Waals surface area contributed by atoms with E-state index >= 15 is 0 Å². The smallest absolute Gasteiger partial charge is 0.272 e. The van der Waals surface area contributed by atoms with Gasteiger partial charge in [-0.05, 0) is 68.5 Å². The van der Waals surface area contributed by atoms with Crippen molar-refractivity contribution in [3.8, 4) is 5.75 Å². The van der Waals surface area contributed by atoms with E-state index in [2.05, 4.69) is 21.4 Å². The Morgan fingerprint density at radius 2 is 2.00 bits per heavy atom.